The molecule has 0 bridgehead atoms. The summed E-state index contributed by atoms with van der Waals surface area (Å²) in [6.07, 6.45) is 3.71. The van der Waals surface area contributed by atoms with Crippen LogP contribution in [0.4, 0.5) is 0 Å². The third-order valence-corrected chi connectivity index (χ3v) is 7.08. The molecule has 148 valence electrons. The van der Waals surface area contributed by atoms with Gasteiger partial charge in [-0.3, -0.25) is 9.69 Å². The Kier molecular flexibility index (Phi) is 6.37. The Morgan fingerprint density at radius 3 is 2.56 bits per heavy atom. The molecule has 1 fully saturated rings. The highest BCUT2D eigenvalue weighted by molar-refractivity contribution is 7.91. The quantitative estimate of drug-likeness (QED) is 0.749. The van der Waals surface area contributed by atoms with Crippen LogP contribution in [-0.4, -0.2) is 67.9 Å². The summed E-state index contributed by atoms with van der Waals surface area (Å²) < 4.78 is 23.7. The topological polar surface area (TPSA) is 57.7 Å². The molecular weight excluding hydrogens is 360 g/mol. The van der Waals surface area contributed by atoms with Crippen molar-refractivity contribution in [3.05, 3.63) is 42.0 Å². The molecule has 1 aromatic carbocycles. The molecule has 2 heterocycles. The molecule has 2 aliphatic heterocycles. The normalized spacial score (nSPS) is 22.6. The van der Waals surface area contributed by atoms with Gasteiger partial charge < -0.3 is 4.90 Å². The Balaban J connectivity index is 1.62. The van der Waals surface area contributed by atoms with E-state index in [0.29, 0.717) is 25.4 Å². The minimum absolute atomic E-state index is 0.0577. The van der Waals surface area contributed by atoms with Crippen molar-refractivity contribution in [1.29, 1.82) is 0 Å². The molecule has 0 aromatic heterocycles. The number of sulfone groups is 1. The maximum absolute atomic E-state index is 13.0. The van der Waals surface area contributed by atoms with Crippen molar-refractivity contribution in [3.8, 4) is 0 Å². The van der Waals surface area contributed by atoms with Crippen molar-refractivity contribution in [1.82, 2.24) is 9.80 Å². The van der Waals surface area contributed by atoms with E-state index in [9.17, 15) is 13.2 Å². The van der Waals surface area contributed by atoms with Crippen LogP contribution in [0.1, 0.15) is 32.3 Å². The first-order valence-electron chi connectivity index (χ1n) is 9.81. The summed E-state index contributed by atoms with van der Waals surface area (Å²) in [5.74, 6) is 0.696. The molecule has 1 atom stereocenters. The summed E-state index contributed by atoms with van der Waals surface area (Å²) in [6.45, 7) is 6.73. The van der Waals surface area contributed by atoms with Gasteiger partial charge in [-0.1, -0.05) is 50.3 Å². The minimum atomic E-state index is -3.00. The van der Waals surface area contributed by atoms with Gasteiger partial charge in [-0.25, -0.2) is 8.42 Å². The molecule has 1 aromatic rings. The zero-order valence-electron chi connectivity index (χ0n) is 16.3. The SMILES string of the molecule is CC(C)CN(C(=O)CN1CC=C(c2ccccc2)CC1)[C@H]1CCS(=O)(=O)C1. The van der Waals surface area contributed by atoms with Gasteiger partial charge in [-0.05, 0) is 29.9 Å². The van der Waals surface area contributed by atoms with Gasteiger partial charge in [0.15, 0.2) is 9.84 Å². The van der Waals surface area contributed by atoms with Gasteiger partial charge in [-0.2, -0.15) is 0 Å². The van der Waals surface area contributed by atoms with E-state index in [1.807, 2.05) is 23.1 Å². The average molecular weight is 391 g/mol. The van der Waals surface area contributed by atoms with Crippen LogP contribution in [0.5, 0.6) is 0 Å². The Hall–Kier alpha value is -1.66. The number of amides is 1. The van der Waals surface area contributed by atoms with Gasteiger partial charge in [0.1, 0.15) is 0 Å². The molecule has 5 nitrogen and oxygen atoms in total. The zero-order valence-corrected chi connectivity index (χ0v) is 17.1. The van der Waals surface area contributed by atoms with Crippen molar-refractivity contribution in [2.24, 2.45) is 5.92 Å². The molecular formula is C21H30N2O3S. The van der Waals surface area contributed by atoms with Gasteiger partial charge in [0.05, 0.1) is 18.1 Å². The molecule has 0 saturated carbocycles. The number of hydrogen-bond donors (Lipinski definition) is 0. The molecule has 2 aliphatic rings. The summed E-state index contributed by atoms with van der Waals surface area (Å²) in [6, 6.07) is 10.2. The van der Waals surface area contributed by atoms with Crippen LogP contribution in [0.2, 0.25) is 0 Å². The van der Waals surface area contributed by atoms with E-state index in [0.717, 1.165) is 19.5 Å². The summed E-state index contributed by atoms with van der Waals surface area (Å²) in [5.41, 5.74) is 2.58. The second-order valence-corrected chi connectivity index (χ2v) is 10.3. The third-order valence-electron chi connectivity index (χ3n) is 5.33. The number of carbonyl (C=O) groups excluding carboxylic acids is 1. The van der Waals surface area contributed by atoms with E-state index in [1.54, 1.807) is 0 Å². The predicted octanol–water partition coefficient (Wildman–Crippen LogP) is 2.45. The number of nitrogens with zero attached hydrogens (tertiary/aromatic N) is 2. The highest BCUT2D eigenvalue weighted by Gasteiger charge is 2.35. The molecule has 0 spiro atoms. The van der Waals surface area contributed by atoms with Crippen LogP contribution in [0.25, 0.3) is 5.57 Å². The van der Waals surface area contributed by atoms with Gasteiger partial charge in [0.25, 0.3) is 0 Å². The second-order valence-electron chi connectivity index (χ2n) is 8.08. The van der Waals surface area contributed by atoms with Crippen LogP contribution in [0.3, 0.4) is 0 Å². The van der Waals surface area contributed by atoms with Gasteiger partial charge in [0, 0.05) is 25.7 Å². The lowest BCUT2D eigenvalue weighted by Crippen LogP contribution is -2.48. The summed E-state index contributed by atoms with van der Waals surface area (Å²) in [4.78, 5) is 16.9. The van der Waals surface area contributed by atoms with E-state index in [4.69, 9.17) is 0 Å². The van der Waals surface area contributed by atoms with Crippen LogP contribution < -0.4 is 0 Å². The van der Waals surface area contributed by atoms with E-state index >= 15 is 0 Å². The molecule has 1 saturated heterocycles. The van der Waals surface area contributed by atoms with E-state index < -0.39 is 9.84 Å². The van der Waals surface area contributed by atoms with Crippen LogP contribution in [0, 0.1) is 5.92 Å². The fourth-order valence-electron chi connectivity index (χ4n) is 3.92. The molecule has 0 N–H and O–H groups in total. The largest absolute Gasteiger partial charge is 0.337 e. The van der Waals surface area contributed by atoms with Crippen LogP contribution in [-0.2, 0) is 14.6 Å². The molecule has 0 radical (unpaired) electrons. The maximum Gasteiger partial charge on any atom is 0.237 e. The maximum atomic E-state index is 13.0. The first kappa shape index (κ1) is 20.1. The Labute approximate surface area is 163 Å². The van der Waals surface area contributed by atoms with Crippen molar-refractivity contribution >= 4 is 21.3 Å². The lowest BCUT2D eigenvalue weighted by atomic mass is 9.99. The minimum Gasteiger partial charge on any atom is -0.337 e. The van der Waals surface area contributed by atoms with Gasteiger partial charge >= 0.3 is 0 Å². The Morgan fingerprint density at radius 1 is 1.26 bits per heavy atom. The van der Waals surface area contributed by atoms with Crippen molar-refractivity contribution < 1.29 is 13.2 Å². The summed E-state index contributed by atoms with van der Waals surface area (Å²) in [5, 5.41) is 0. The highest BCUT2D eigenvalue weighted by Crippen LogP contribution is 2.23. The van der Waals surface area contributed by atoms with Crippen LogP contribution >= 0.6 is 0 Å². The molecule has 27 heavy (non-hydrogen) atoms. The molecule has 3 rings (SSSR count). The van der Waals surface area contributed by atoms with Gasteiger partial charge in [0.2, 0.25) is 5.91 Å². The third kappa shape index (κ3) is 5.42. The summed E-state index contributed by atoms with van der Waals surface area (Å²) in [7, 11) is -3.00. The van der Waals surface area contributed by atoms with E-state index in [2.05, 4.69) is 37.0 Å². The van der Waals surface area contributed by atoms with Crippen molar-refractivity contribution in [3.63, 3.8) is 0 Å². The Bertz CT molecular complexity index is 787. The first-order valence-corrected chi connectivity index (χ1v) is 11.6. The van der Waals surface area contributed by atoms with E-state index in [1.165, 1.54) is 11.1 Å². The van der Waals surface area contributed by atoms with Gasteiger partial charge in [-0.15, -0.1) is 0 Å². The fourth-order valence-corrected chi connectivity index (χ4v) is 5.65. The summed E-state index contributed by atoms with van der Waals surface area (Å²) >= 11 is 0. The molecule has 6 heteroatoms. The highest BCUT2D eigenvalue weighted by atomic mass is 32.2. The molecule has 0 unspecified atom stereocenters. The first-order chi connectivity index (χ1) is 12.8. The predicted molar refractivity (Wildman–Crippen MR) is 109 cm³/mol. The lowest BCUT2D eigenvalue weighted by molar-refractivity contribution is -0.134. The van der Waals surface area contributed by atoms with Crippen molar-refractivity contribution in [2.75, 3.05) is 37.7 Å². The molecule has 1 amide bonds. The number of rotatable bonds is 6. The van der Waals surface area contributed by atoms with Crippen molar-refractivity contribution in [2.45, 2.75) is 32.7 Å². The Morgan fingerprint density at radius 2 is 2.00 bits per heavy atom. The molecule has 0 aliphatic carbocycles. The monoisotopic (exact) mass is 390 g/mol. The smallest absolute Gasteiger partial charge is 0.237 e. The lowest BCUT2D eigenvalue weighted by Gasteiger charge is -2.33. The van der Waals surface area contributed by atoms with Crippen LogP contribution in [0.15, 0.2) is 36.4 Å². The number of benzene rings is 1. The average Bonchev–Trinajstić information content (AvgIpc) is 3.00. The standard InChI is InChI=1S/C21H30N2O3S/c1-17(2)14-23(20-10-13-27(25,26)16-20)21(24)15-22-11-8-19(9-12-22)18-6-4-3-5-7-18/h3-8,17,20H,9-16H2,1-2H3/t20-/m0/s1. The fraction of sp³-hybridized carbons (Fsp3) is 0.571. The number of hydrogen-bond acceptors (Lipinski definition) is 4. The zero-order chi connectivity index (χ0) is 19.4. The van der Waals surface area contributed by atoms with E-state index in [-0.39, 0.29) is 23.5 Å². The number of carbonyl (C=O) groups is 1. The second kappa shape index (κ2) is 8.57.